The molecule has 0 aliphatic rings. The van der Waals surface area contributed by atoms with Gasteiger partial charge in [0, 0.05) is 9.92 Å². The maximum absolute atomic E-state index is 12.5. The molecule has 2 N–H and O–H groups in total. The van der Waals surface area contributed by atoms with Crippen LogP contribution in [0, 0.1) is 0 Å². The second-order valence-corrected chi connectivity index (χ2v) is 13.0. The van der Waals surface area contributed by atoms with Crippen LogP contribution >= 0.6 is 23.4 Å². The number of hydrogen-bond donors (Lipinski definition) is 2. The summed E-state index contributed by atoms with van der Waals surface area (Å²) in [5.41, 5.74) is -1.47. The molecule has 0 saturated carbocycles. The van der Waals surface area contributed by atoms with Gasteiger partial charge in [-0.05, 0) is 104 Å². The summed E-state index contributed by atoms with van der Waals surface area (Å²) in [6, 6.07) is 10.8. The lowest BCUT2D eigenvalue weighted by Gasteiger charge is -2.33. The van der Waals surface area contributed by atoms with Crippen LogP contribution in [0.4, 0.5) is 9.59 Å². The number of alkyl carbamates (subject to hydrolysis) is 1. The van der Waals surface area contributed by atoms with E-state index in [0.717, 1.165) is 10.5 Å². The molecule has 0 bridgehead atoms. The van der Waals surface area contributed by atoms with Crippen molar-refractivity contribution in [1.29, 1.82) is 0 Å². The average molecular weight is 608 g/mol. The lowest BCUT2D eigenvalue weighted by Crippen LogP contribution is -2.52. The monoisotopic (exact) mass is 607 g/mol. The summed E-state index contributed by atoms with van der Waals surface area (Å²) < 4.78 is 21.9. The van der Waals surface area contributed by atoms with Crippen LogP contribution in [0.15, 0.2) is 58.8 Å². The molecular weight excluding hydrogens is 566 g/mol. The number of benzene rings is 2. The van der Waals surface area contributed by atoms with Crippen molar-refractivity contribution in [3.05, 3.63) is 59.6 Å². The highest BCUT2D eigenvalue weighted by Gasteiger charge is 2.32. The van der Waals surface area contributed by atoms with Crippen LogP contribution in [0.1, 0.15) is 66.9 Å². The van der Waals surface area contributed by atoms with Gasteiger partial charge in [-0.15, -0.1) is 6.58 Å². The second-order valence-electron chi connectivity index (χ2n) is 11.5. The maximum Gasteiger partial charge on any atom is 0.514 e. The van der Waals surface area contributed by atoms with Crippen molar-refractivity contribution in [3.63, 3.8) is 0 Å². The van der Waals surface area contributed by atoms with Crippen molar-refractivity contribution in [3.8, 4) is 11.5 Å². The summed E-state index contributed by atoms with van der Waals surface area (Å²) in [6.45, 7) is 16.5. The van der Waals surface area contributed by atoms with Crippen molar-refractivity contribution in [2.24, 2.45) is 0 Å². The van der Waals surface area contributed by atoms with Gasteiger partial charge in [-0.2, -0.15) is 0 Å². The Hall–Kier alpha value is -2.88. The van der Waals surface area contributed by atoms with Crippen molar-refractivity contribution in [2.45, 2.75) is 94.3 Å². The molecule has 0 heterocycles. The van der Waals surface area contributed by atoms with E-state index in [1.54, 1.807) is 65.8 Å². The second kappa shape index (κ2) is 14.8. The Morgan fingerprint density at radius 2 is 1.73 bits per heavy atom. The number of aryl methyl sites for hydroxylation is 1. The molecule has 0 spiro atoms. The van der Waals surface area contributed by atoms with Gasteiger partial charge in [-0.25, -0.2) is 9.59 Å². The van der Waals surface area contributed by atoms with Crippen molar-refractivity contribution in [2.75, 3.05) is 13.2 Å². The van der Waals surface area contributed by atoms with Crippen LogP contribution in [0.2, 0.25) is 5.02 Å². The van der Waals surface area contributed by atoms with E-state index in [4.69, 9.17) is 30.5 Å². The SMILES string of the molecule is C=CC[C@@](CO)(CCc1ccc(Sc2cc(OCC)ccc2OC(=O)OC(C)(C)C)cc1Cl)NC(=O)OC(C)(C)C. The largest absolute Gasteiger partial charge is 0.514 e. The molecule has 41 heavy (non-hydrogen) atoms. The van der Waals surface area contributed by atoms with Gasteiger partial charge in [-0.3, -0.25) is 0 Å². The number of carbonyl (C=O) groups excluding carboxylic acids is 2. The molecule has 0 aromatic heterocycles. The Kier molecular flexibility index (Phi) is 12.4. The molecule has 0 radical (unpaired) electrons. The van der Waals surface area contributed by atoms with Gasteiger partial charge < -0.3 is 29.4 Å². The van der Waals surface area contributed by atoms with E-state index < -0.39 is 29.0 Å². The smallest absolute Gasteiger partial charge is 0.494 e. The minimum absolute atomic E-state index is 0.291. The molecule has 2 aromatic carbocycles. The molecular formula is C31H42ClNO7S. The Morgan fingerprint density at radius 3 is 2.29 bits per heavy atom. The number of nitrogens with one attached hydrogen (secondary N) is 1. The van der Waals surface area contributed by atoms with E-state index >= 15 is 0 Å². The fraction of sp³-hybridized carbons (Fsp3) is 0.484. The molecule has 8 nitrogen and oxygen atoms in total. The predicted molar refractivity (Wildman–Crippen MR) is 162 cm³/mol. The van der Waals surface area contributed by atoms with Crippen LogP contribution in [0.25, 0.3) is 0 Å². The summed E-state index contributed by atoms with van der Waals surface area (Å²) >= 11 is 8.04. The van der Waals surface area contributed by atoms with Gasteiger partial charge in [0.15, 0.2) is 0 Å². The normalized spacial score (nSPS) is 13.1. The molecule has 0 fully saturated rings. The van der Waals surface area contributed by atoms with Gasteiger partial charge in [0.05, 0.1) is 23.6 Å². The number of rotatable bonds is 12. The van der Waals surface area contributed by atoms with Gasteiger partial charge in [-0.1, -0.05) is 35.5 Å². The Balaban J connectivity index is 2.23. The number of aliphatic hydroxyl groups is 1. The van der Waals surface area contributed by atoms with Crippen molar-refractivity contribution in [1.82, 2.24) is 5.32 Å². The molecule has 0 aliphatic heterocycles. The first-order valence-corrected chi connectivity index (χ1v) is 14.6. The van der Waals surface area contributed by atoms with Crippen LogP contribution in [0.3, 0.4) is 0 Å². The summed E-state index contributed by atoms with van der Waals surface area (Å²) in [5, 5.41) is 13.6. The Morgan fingerprint density at radius 1 is 1.05 bits per heavy atom. The third-order valence-electron chi connectivity index (χ3n) is 5.54. The summed E-state index contributed by atoms with van der Waals surface area (Å²) in [6.07, 6.45) is 1.49. The zero-order valence-corrected chi connectivity index (χ0v) is 26.5. The molecule has 0 saturated heterocycles. The van der Waals surface area contributed by atoms with Crippen LogP contribution < -0.4 is 14.8 Å². The van der Waals surface area contributed by atoms with E-state index in [0.29, 0.717) is 47.3 Å². The topological polar surface area (TPSA) is 103 Å². The Bertz CT molecular complexity index is 1210. The van der Waals surface area contributed by atoms with Crippen LogP contribution in [-0.4, -0.2) is 47.3 Å². The molecule has 226 valence electrons. The van der Waals surface area contributed by atoms with E-state index in [9.17, 15) is 14.7 Å². The number of ether oxygens (including phenoxy) is 4. The van der Waals surface area contributed by atoms with Gasteiger partial charge in [0.1, 0.15) is 22.7 Å². The summed E-state index contributed by atoms with van der Waals surface area (Å²) in [7, 11) is 0. The van der Waals surface area contributed by atoms with E-state index in [2.05, 4.69) is 11.9 Å². The first-order chi connectivity index (χ1) is 19.1. The maximum atomic E-state index is 12.5. The summed E-state index contributed by atoms with van der Waals surface area (Å²) in [5.74, 6) is 0.965. The molecule has 10 heteroatoms. The number of hydrogen-bond acceptors (Lipinski definition) is 8. The highest BCUT2D eigenvalue weighted by Crippen LogP contribution is 2.39. The minimum Gasteiger partial charge on any atom is -0.494 e. The minimum atomic E-state index is -0.950. The molecule has 0 unspecified atom stereocenters. The first kappa shape index (κ1) is 34.3. The molecule has 1 amide bonds. The van der Waals surface area contributed by atoms with Gasteiger partial charge in [0.25, 0.3) is 0 Å². The summed E-state index contributed by atoms with van der Waals surface area (Å²) in [4.78, 5) is 26.3. The average Bonchev–Trinajstić information content (AvgIpc) is 2.83. The zero-order chi connectivity index (χ0) is 30.8. The van der Waals surface area contributed by atoms with Gasteiger partial charge >= 0.3 is 12.2 Å². The van der Waals surface area contributed by atoms with E-state index in [1.807, 2.05) is 25.1 Å². The number of amides is 1. The lowest BCUT2D eigenvalue weighted by atomic mass is 9.88. The van der Waals surface area contributed by atoms with Crippen LogP contribution in [-0.2, 0) is 15.9 Å². The molecule has 2 aromatic rings. The van der Waals surface area contributed by atoms with E-state index in [-0.39, 0.29) is 6.61 Å². The van der Waals surface area contributed by atoms with Crippen molar-refractivity contribution < 1.29 is 33.6 Å². The highest BCUT2D eigenvalue weighted by atomic mass is 35.5. The molecule has 2 rings (SSSR count). The number of aliphatic hydroxyl groups excluding tert-OH is 1. The fourth-order valence-corrected chi connectivity index (χ4v) is 5.05. The standard InChI is InChI=1S/C31H42ClNO7S/c1-9-16-31(20-34,33-27(35)39-29(3,4)5)17-15-21-11-13-23(19-24(21)32)41-26-18-22(37-10-2)12-14-25(26)38-28(36)40-30(6,7)8/h9,11-14,18-19,34H,1,10,15-17,20H2,2-8H3,(H,33,35)/t31-/m0/s1. The van der Waals surface area contributed by atoms with Gasteiger partial charge in [0.2, 0.25) is 0 Å². The third kappa shape index (κ3) is 11.9. The number of carbonyl (C=O) groups is 2. The first-order valence-electron chi connectivity index (χ1n) is 13.5. The highest BCUT2D eigenvalue weighted by molar-refractivity contribution is 7.99. The number of halogens is 1. The lowest BCUT2D eigenvalue weighted by molar-refractivity contribution is 0.0200. The molecule has 1 atom stereocenters. The fourth-order valence-electron chi connectivity index (χ4n) is 3.76. The van der Waals surface area contributed by atoms with Crippen molar-refractivity contribution >= 4 is 35.6 Å². The zero-order valence-electron chi connectivity index (χ0n) is 25.0. The quantitative estimate of drug-likeness (QED) is 0.142. The third-order valence-corrected chi connectivity index (χ3v) is 6.92. The Labute approximate surface area is 252 Å². The molecule has 0 aliphatic carbocycles. The predicted octanol–water partition coefficient (Wildman–Crippen LogP) is 7.97. The van der Waals surface area contributed by atoms with E-state index in [1.165, 1.54) is 11.8 Å². The van der Waals surface area contributed by atoms with Crippen LogP contribution in [0.5, 0.6) is 11.5 Å².